The minimum Gasteiger partial charge on any atom is -0.457 e. The van der Waals surface area contributed by atoms with Gasteiger partial charge >= 0.3 is 16.4 Å². The predicted molar refractivity (Wildman–Crippen MR) is 275 cm³/mol. The third kappa shape index (κ3) is 38.1. The molecule has 0 radical (unpaired) electrons. The van der Waals surface area contributed by atoms with Crippen LogP contribution < -0.4 is 0 Å². The number of allylic oxidation sites excluding steroid dienone is 14. The Hall–Kier alpha value is -2.72. The predicted octanol–water partition coefficient (Wildman–Crippen LogP) is 12.4. The molecule has 6 atom stereocenters. The molecule has 12 nitrogen and oxygen atoms in total. The lowest BCUT2D eigenvalue weighted by Crippen LogP contribution is -2.60. The highest BCUT2D eigenvalue weighted by Gasteiger charge is 2.48. The Morgan fingerprint density at radius 3 is 1.49 bits per heavy atom. The lowest BCUT2D eigenvalue weighted by atomic mass is 9.99. The molecule has 0 saturated carbocycles. The number of aliphatic hydroxyl groups is 3. The van der Waals surface area contributed by atoms with Crippen LogP contribution in [-0.2, 0) is 38.3 Å². The molecule has 0 aromatic carbocycles. The molecule has 1 heterocycles. The Bertz CT molecular complexity index is 1500. The zero-order chi connectivity index (χ0) is 49.6. The van der Waals surface area contributed by atoms with Gasteiger partial charge in [0.15, 0.2) is 6.29 Å². The lowest BCUT2D eigenvalue weighted by Gasteiger charge is -2.41. The topological polar surface area (TPSA) is 178 Å². The number of aliphatic hydroxyl groups excluding tert-OH is 3. The molecule has 1 rings (SSSR count). The molecule has 0 bridgehead atoms. The monoisotopic (exact) mass is 979 g/mol. The number of hydrogen-bond acceptors (Lipinski definition) is 11. The van der Waals surface area contributed by atoms with Crippen molar-refractivity contribution in [2.24, 2.45) is 0 Å². The molecule has 6 unspecified atom stereocenters. The number of ether oxygens (including phenoxy) is 4. The van der Waals surface area contributed by atoms with Crippen molar-refractivity contribution >= 4 is 16.4 Å². The van der Waals surface area contributed by atoms with E-state index in [0.29, 0.717) is 13.0 Å². The van der Waals surface area contributed by atoms with Gasteiger partial charge in [-0.2, -0.15) is 8.42 Å². The van der Waals surface area contributed by atoms with Gasteiger partial charge in [-0.1, -0.05) is 182 Å². The van der Waals surface area contributed by atoms with E-state index < -0.39 is 59.8 Å². The maximum Gasteiger partial charge on any atom is 0.397 e. The Balaban J connectivity index is 2.35. The van der Waals surface area contributed by atoms with E-state index in [2.05, 4.69) is 103 Å². The molecule has 13 heteroatoms. The van der Waals surface area contributed by atoms with E-state index in [0.717, 1.165) is 96.3 Å². The van der Waals surface area contributed by atoms with Gasteiger partial charge in [0.05, 0.1) is 19.8 Å². The van der Waals surface area contributed by atoms with E-state index in [9.17, 15) is 33.1 Å². The summed E-state index contributed by atoms with van der Waals surface area (Å²) in [5, 5.41) is 30.8. The molecule has 4 N–H and O–H groups in total. The van der Waals surface area contributed by atoms with E-state index in [1.165, 1.54) is 70.6 Å². The summed E-state index contributed by atoms with van der Waals surface area (Å²) >= 11 is 0. The summed E-state index contributed by atoms with van der Waals surface area (Å²) in [7, 11) is -5.07. The molecule has 0 spiro atoms. The number of hydrogen-bond donors (Lipinski definition) is 4. The summed E-state index contributed by atoms with van der Waals surface area (Å²) in [6.45, 7) is 3.82. The van der Waals surface area contributed by atoms with Crippen molar-refractivity contribution in [3.8, 4) is 0 Å². The molecule has 0 amide bonds. The van der Waals surface area contributed by atoms with Crippen LogP contribution in [0.4, 0.5) is 0 Å². The quantitative estimate of drug-likeness (QED) is 0.0197. The molecule has 0 aromatic rings. The first-order valence-electron chi connectivity index (χ1n) is 26.3. The molecule has 392 valence electrons. The molecular formula is C55H94O12S. The van der Waals surface area contributed by atoms with Crippen LogP contribution in [0.3, 0.4) is 0 Å². The zero-order valence-electron chi connectivity index (χ0n) is 42.1. The highest BCUT2D eigenvalue weighted by molar-refractivity contribution is 7.80. The Kier molecular flexibility index (Phi) is 42.3. The van der Waals surface area contributed by atoms with Gasteiger partial charge in [-0.3, -0.25) is 9.35 Å². The van der Waals surface area contributed by atoms with Gasteiger partial charge in [0.25, 0.3) is 0 Å². The summed E-state index contributed by atoms with van der Waals surface area (Å²) in [6.07, 6.45) is 51.8. The number of unbranched alkanes of at least 4 members (excludes halogenated alkanes) is 18. The Morgan fingerprint density at radius 1 is 0.574 bits per heavy atom. The smallest absolute Gasteiger partial charge is 0.397 e. The maximum absolute atomic E-state index is 12.9. The lowest BCUT2D eigenvalue weighted by molar-refractivity contribution is -0.301. The molecule has 1 saturated heterocycles. The van der Waals surface area contributed by atoms with Crippen molar-refractivity contribution in [1.29, 1.82) is 0 Å². The first-order chi connectivity index (χ1) is 33.1. The van der Waals surface area contributed by atoms with Crippen molar-refractivity contribution in [2.75, 3.05) is 26.4 Å². The molecule has 1 aliphatic heterocycles. The fourth-order valence-corrected chi connectivity index (χ4v) is 8.06. The van der Waals surface area contributed by atoms with Gasteiger partial charge in [0.1, 0.15) is 30.5 Å². The largest absolute Gasteiger partial charge is 0.457 e. The van der Waals surface area contributed by atoms with E-state index >= 15 is 0 Å². The van der Waals surface area contributed by atoms with E-state index in [-0.39, 0.29) is 19.6 Å². The van der Waals surface area contributed by atoms with Crippen LogP contribution in [0.15, 0.2) is 85.1 Å². The van der Waals surface area contributed by atoms with E-state index in [1.807, 2.05) is 0 Å². The second-order valence-electron chi connectivity index (χ2n) is 17.7. The van der Waals surface area contributed by atoms with Gasteiger partial charge in [0.2, 0.25) is 0 Å². The molecule has 0 aliphatic carbocycles. The molecular weight excluding hydrogens is 885 g/mol. The summed E-state index contributed by atoms with van der Waals surface area (Å²) in [5.74, 6) is -0.412. The third-order valence-corrected chi connectivity index (χ3v) is 12.0. The van der Waals surface area contributed by atoms with E-state index in [1.54, 1.807) is 0 Å². The van der Waals surface area contributed by atoms with Gasteiger partial charge < -0.3 is 34.3 Å². The highest BCUT2D eigenvalue weighted by Crippen LogP contribution is 2.26. The average molecular weight is 979 g/mol. The summed E-state index contributed by atoms with van der Waals surface area (Å²) in [5.41, 5.74) is 0. The van der Waals surface area contributed by atoms with Crippen LogP contribution in [0.2, 0.25) is 0 Å². The van der Waals surface area contributed by atoms with Crippen LogP contribution in [0.25, 0.3) is 0 Å². The molecule has 1 aliphatic rings. The number of carbonyl (C=O) groups excluding carboxylic acids is 1. The normalized spacial score (nSPS) is 20.0. The molecule has 68 heavy (non-hydrogen) atoms. The maximum atomic E-state index is 12.9. The fraction of sp³-hybridized carbons (Fsp3) is 0.727. The van der Waals surface area contributed by atoms with Crippen molar-refractivity contribution < 1.29 is 56.2 Å². The standard InChI is InChI=1S/C55H94O12S/c1-3-5-7-9-11-13-15-17-19-21-22-23-24-25-26-27-28-29-30-32-34-36-38-40-42-44-51(57)65-49(48-64-55-53(59)54(67-68(60,61)62)52(58)50(46-56)66-55)47-63-45-43-41-39-37-35-33-31-20-18-16-14-12-10-8-6-4-2/h5,7,11-14,17-20,22-23,25-26,49-50,52-56,58-59H,3-4,6,8-10,15-16,21,24,27-48H2,1-2H3,(H,60,61,62)/b7-5-,13-11-,14-12-,19-17-,20-18-,23-22-,26-25-. The minimum atomic E-state index is -5.07. The molecule has 1 fully saturated rings. The van der Waals surface area contributed by atoms with Crippen molar-refractivity contribution in [3.05, 3.63) is 85.1 Å². The number of carbonyl (C=O) groups is 1. The first kappa shape index (κ1) is 63.3. The number of esters is 1. The van der Waals surface area contributed by atoms with Crippen molar-refractivity contribution in [1.82, 2.24) is 0 Å². The van der Waals surface area contributed by atoms with Crippen LogP contribution in [0, 0.1) is 0 Å². The summed E-state index contributed by atoms with van der Waals surface area (Å²) < 4.78 is 59.3. The van der Waals surface area contributed by atoms with Crippen LogP contribution in [0.5, 0.6) is 0 Å². The minimum absolute atomic E-state index is 0.0220. The summed E-state index contributed by atoms with van der Waals surface area (Å²) in [6, 6.07) is 0. The van der Waals surface area contributed by atoms with Crippen LogP contribution >= 0.6 is 0 Å². The number of rotatable bonds is 45. The van der Waals surface area contributed by atoms with Crippen molar-refractivity contribution in [2.45, 2.75) is 230 Å². The Labute approximate surface area is 413 Å². The van der Waals surface area contributed by atoms with Gasteiger partial charge in [0, 0.05) is 13.0 Å². The average Bonchev–Trinajstić information content (AvgIpc) is 3.31. The first-order valence-corrected chi connectivity index (χ1v) is 27.7. The third-order valence-electron chi connectivity index (χ3n) is 11.5. The second kappa shape index (κ2) is 45.4. The fourth-order valence-electron chi connectivity index (χ4n) is 7.55. The van der Waals surface area contributed by atoms with E-state index in [4.69, 9.17) is 18.9 Å². The van der Waals surface area contributed by atoms with Gasteiger partial charge in [-0.15, -0.1) is 0 Å². The second-order valence-corrected chi connectivity index (χ2v) is 18.8. The SMILES string of the molecule is CC/C=C\C/C=C\C/C=C\C/C=C\C/C=C\CCCCCCCCCCCC(=O)OC(COCCCCCCCC/C=C\C/C=C\CCCCC)COC1OC(CO)C(O)C(OS(=O)(=O)O)C1O. The summed E-state index contributed by atoms with van der Waals surface area (Å²) in [4.78, 5) is 12.9. The van der Waals surface area contributed by atoms with Crippen molar-refractivity contribution in [3.63, 3.8) is 0 Å². The van der Waals surface area contributed by atoms with Crippen LogP contribution in [0.1, 0.15) is 194 Å². The molecule has 0 aromatic heterocycles. The van der Waals surface area contributed by atoms with Gasteiger partial charge in [-0.25, -0.2) is 4.18 Å². The van der Waals surface area contributed by atoms with Crippen LogP contribution in [-0.4, -0.2) is 97.5 Å². The highest BCUT2D eigenvalue weighted by atomic mass is 32.3. The zero-order valence-corrected chi connectivity index (χ0v) is 43.0. The van der Waals surface area contributed by atoms with Gasteiger partial charge in [-0.05, 0) is 89.9 Å². The Morgan fingerprint density at radius 2 is 1.01 bits per heavy atom.